The molecule has 4 N–H and O–H groups in total. The van der Waals surface area contributed by atoms with E-state index < -0.39 is 0 Å². The lowest BCUT2D eigenvalue weighted by Gasteiger charge is -2.22. The molecule has 0 aromatic carbocycles. The Labute approximate surface area is 113 Å². The molecule has 0 fully saturated rings. The van der Waals surface area contributed by atoms with Crippen molar-refractivity contribution in [2.75, 3.05) is 13.7 Å². The molecule has 0 atom stereocenters. The first-order valence-corrected chi connectivity index (χ1v) is 6.17. The average Bonchev–Trinajstić information content (AvgIpc) is 2.43. The predicted octanol–water partition coefficient (Wildman–Crippen LogP) is 1.34. The van der Waals surface area contributed by atoms with E-state index in [1.165, 1.54) is 0 Å². The van der Waals surface area contributed by atoms with Crippen molar-refractivity contribution in [1.82, 2.24) is 10.3 Å². The van der Waals surface area contributed by atoms with E-state index in [0.29, 0.717) is 5.88 Å². The maximum Gasteiger partial charge on any atom is 0.213 e. The van der Waals surface area contributed by atoms with E-state index in [9.17, 15) is 0 Å². The van der Waals surface area contributed by atoms with Crippen LogP contribution < -0.4 is 15.8 Å². The highest BCUT2D eigenvalue weighted by Gasteiger charge is 2.22. The molecule has 1 aromatic heterocycles. The van der Waals surface area contributed by atoms with Gasteiger partial charge in [-0.1, -0.05) is 19.0 Å². The van der Waals surface area contributed by atoms with Crippen molar-refractivity contribution in [3.05, 3.63) is 23.9 Å². The third kappa shape index (κ3) is 4.75. The summed E-state index contributed by atoms with van der Waals surface area (Å²) >= 11 is 0. The van der Waals surface area contributed by atoms with Crippen molar-refractivity contribution in [2.24, 2.45) is 16.3 Å². The molecule has 19 heavy (non-hydrogen) atoms. The number of ether oxygens (including phenoxy) is 1. The Balaban J connectivity index is 2.38. The number of nitrogens with one attached hydrogen (secondary N) is 1. The maximum absolute atomic E-state index is 8.68. The van der Waals surface area contributed by atoms with Crippen LogP contribution in [-0.4, -0.2) is 29.7 Å². The standard InChI is InChI=1S/C13H22N4O2/c1-13(2,12(14)17-18)5-7-15-9-10-4-6-16-11(8-10)19-3/h4,6,8,15,18H,5,7,9H2,1-3H3,(H2,14,17). The summed E-state index contributed by atoms with van der Waals surface area (Å²) in [6, 6.07) is 3.83. The lowest BCUT2D eigenvalue weighted by molar-refractivity contribution is 0.305. The van der Waals surface area contributed by atoms with Gasteiger partial charge in [0.1, 0.15) is 5.84 Å². The van der Waals surface area contributed by atoms with Gasteiger partial charge in [-0.15, -0.1) is 0 Å². The molecule has 0 unspecified atom stereocenters. The first kappa shape index (κ1) is 15.2. The molecule has 0 saturated heterocycles. The molecule has 6 nitrogen and oxygen atoms in total. The smallest absolute Gasteiger partial charge is 0.213 e. The Morgan fingerprint density at radius 1 is 1.58 bits per heavy atom. The molecule has 0 amide bonds. The molecule has 1 aromatic rings. The molecule has 0 radical (unpaired) electrons. The summed E-state index contributed by atoms with van der Waals surface area (Å²) in [5.41, 5.74) is 6.41. The van der Waals surface area contributed by atoms with Gasteiger partial charge < -0.3 is 21.0 Å². The highest BCUT2D eigenvalue weighted by molar-refractivity contribution is 5.85. The SMILES string of the molecule is COc1cc(CNCCC(C)(C)C(N)=NO)ccn1. The Hall–Kier alpha value is -1.82. The number of aromatic nitrogens is 1. The van der Waals surface area contributed by atoms with Gasteiger partial charge in [-0.05, 0) is 24.6 Å². The van der Waals surface area contributed by atoms with E-state index in [1.807, 2.05) is 26.0 Å². The fourth-order valence-electron chi connectivity index (χ4n) is 1.57. The van der Waals surface area contributed by atoms with E-state index in [1.54, 1.807) is 13.3 Å². The van der Waals surface area contributed by atoms with Crippen molar-refractivity contribution in [3.63, 3.8) is 0 Å². The summed E-state index contributed by atoms with van der Waals surface area (Å²) in [5.74, 6) is 0.858. The van der Waals surface area contributed by atoms with E-state index in [0.717, 1.165) is 25.1 Å². The van der Waals surface area contributed by atoms with Crippen molar-refractivity contribution in [1.29, 1.82) is 0 Å². The second-order valence-corrected chi connectivity index (χ2v) is 5.00. The van der Waals surface area contributed by atoms with Gasteiger partial charge in [-0.2, -0.15) is 0 Å². The molecule has 106 valence electrons. The second kappa shape index (κ2) is 6.94. The molecule has 0 aliphatic rings. The van der Waals surface area contributed by atoms with Gasteiger partial charge in [0.25, 0.3) is 0 Å². The Morgan fingerprint density at radius 2 is 2.32 bits per heavy atom. The van der Waals surface area contributed by atoms with Gasteiger partial charge >= 0.3 is 0 Å². The Bertz CT molecular complexity index is 432. The Morgan fingerprint density at radius 3 is 2.95 bits per heavy atom. The minimum atomic E-state index is -0.322. The van der Waals surface area contributed by atoms with Gasteiger partial charge in [0, 0.05) is 24.2 Å². The molecule has 0 aliphatic carbocycles. The van der Waals surface area contributed by atoms with Crippen molar-refractivity contribution < 1.29 is 9.94 Å². The van der Waals surface area contributed by atoms with Crippen LogP contribution in [-0.2, 0) is 6.54 Å². The summed E-state index contributed by atoms with van der Waals surface area (Å²) < 4.78 is 5.06. The molecular formula is C13H22N4O2. The van der Waals surface area contributed by atoms with Gasteiger partial charge in [0.15, 0.2) is 0 Å². The lowest BCUT2D eigenvalue weighted by Crippen LogP contribution is -2.34. The largest absolute Gasteiger partial charge is 0.481 e. The second-order valence-electron chi connectivity index (χ2n) is 5.00. The van der Waals surface area contributed by atoms with Crippen LogP contribution in [0.1, 0.15) is 25.8 Å². The number of hydrogen-bond acceptors (Lipinski definition) is 5. The van der Waals surface area contributed by atoms with E-state index in [2.05, 4.69) is 15.5 Å². The van der Waals surface area contributed by atoms with Crippen molar-refractivity contribution in [3.8, 4) is 5.88 Å². The summed E-state index contributed by atoms with van der Waals surface area (Å²) in [4.78, 5) is 4.05. The summed E-state index contributed by atoms with van der Waals surface area (Å²) in [6.07, 6.45) is 2.50. The zero-order valence-corrected chi connectivity index (χ0v) is 11.7. The zero-order chi connectivity index (χ0) is 14.3. The van der Waals surface area contributed by atoms with Crippen molar-refractivity contribution >= 4 is 5.84 Å². The quantitative estimate of drug-likeness (QED) is 0.228. The van der Waals surface area contributed by atoms with E-state index in [4.69, 9.17) is 15.7 Å². The first-order valence-electron chi connectivity index (χ1n) is 6.17. The fourth-order valence-corrected chi connectivity index (χ4v) is 1.57. The van der Waals surface area contributed by atoms with Gasteiger partial charge in [0.2, 0.25) is 5.88 Å². The van der Waals surface area contributed by atoms with Crippen LogP contribution in [0.5, 0.6) is 5.88 Å². The first-order chi connectivity index (χ1) is 8.99. The number of methoxy groups -OCH3 is 1. The lowest BCUT2D eigenvalue weighted by atomic mass is 9.88. The molecule has 0 spiro atoms. The van der Waals surface area contributed by atoms with Crippen LogP contribution in [0.25, 0.3) is 0 Å². The number of amidine groups is 1. The summed E-state index contributed by atoms with van der Waals surface area (Å²) in [7, 11) is 1.60. The van der Waals surface area contributed by atoms with Crippen LogP contribution in [0.4, 0.5) is 0 Å². The van der Waals surface area contributed by atoms with E-state index >= 15 is 0 Å². The minimum Gasteiger partial charge on any atom is -0.481 e. The molecular weight excluding hydrogens is 244 g/mol. The molecule has 0 bridgehead atoms. The highest BCUT2D eigenvalue weighted by atomic mass is 16.5. The third-order valence-corrected chi connectivity index (χ3v) is 3.07. The minimum absolute atomic E-state index is 0.250. The van der Waals surface area contributed by atoms with Crippen LogP contribution >= 0.6 is 0 Å². The van der Waals surface area contributed by atoms with Gasteiger partial charge in [-0.3, -0.25) is 0 Å². The number of nitrogens with two attached hydrogens (primary N) is 1. The van der Waals surface area contributed by atoms with Crippen LogP contribution in [0.15, 0.2) is 23.5 Å². The average molecular weight is 266 g/mol. The zero-order valence-electron chi connectivity index (χ0n) is 11.7. The Kier molecular flexibility index (Phi) is 5.57. The number of nitrogens with zero attached hydrogens (tertiary/aromatic N) is 2. The maximum atomic E-state index is 8.68. The fraction of sp³-hybridized carbons (Fsp3) is 0.538. The van der Waals surface area contributed by atoms with E-state index in [-0.39, 0.29) is 11.3 Å². The normalized spacial score (nSPS) is 12.5. The van der Waals surface area contributed by atoms with Crippen molar-refractivity contribution in [2.45, 2.75) is 26.8 Å². The number of rotatable bonds is 7. The molecule has 0 aliphatic heterocycles. The van der Waals surface area contributed by atoms with Gasteiger partial charge in [0.05, 0.1) is 7.11 Å². The number of pyridine rings is 1. The summed E-state index contributed by atoms with van der Waals surface area (Å²) in [5, 5.41) is 15.1. The third-order valence-electron chi connectivity index (χ3n) is 3.07. The van der Waals surface area contributed by atoms with Crippen LogP contribution in [0, 0.1) is 5.41 Å². The highest BCUT2D eigenvalue weighted by Crippen LogP contribution is 2.19. The topological polar surface area (TPSA) is 92.8 Å². The monoisotopic (exact) mass is 266 g/mol. The molecule has 1 heterocycles. The number of oxime groups is 1. The van der Waals surface area contributed by atoms with Gasteiger partial charge in [-0.25, -0.2) is 4.98 Å². The predicted molar refractivity (Wildman–Crippen MR) is 74.3 cm³/mol. The molecule has 1 rings (SSSR count). The van der Waals surface area contributed by atoms with Crippen LogP contribution in [0.2, 0.25) is 0 Å². The summed E-state index contributed by atoms with van der Waals surface area (Å²) in [6.45, 7) is 5.39. The van der Waals surface area contributed by atoms with Crippen LogP contribution in [0.3, 0.4) is 0 Å². The molecule has 0 saturated carbocycles. The number of hydrogen-bond donors (Lipinski definition) is 3. The molecule has 6 heteroatoms.